The number of methoxy groups -OCH3 is 2. The Kier molecular flexibility index (Phi) is 6.80. The summed E-state index contributed by atoms with van der Waals surface area (Å²) >= 11 is 0. The fourth-order valence-electron chi connectivity index (χ4n) is 5.41. The van der Waals surface area contributed by atoms with Crippen molar-refractivity contribution in [1.29, 1.82) is 0 Å². The number of benzene rings is 2. The van der Waals surface area contributed by atoms with Crippen molar-refractivity contribution in [3.8, 4) is 33.8 Å². The van der Waals surface area contributed by atoms with Gasteiger partial charge in [-0.2, -0.15) is 10.1 Å². The smallest absolute Gasteiger partial charge is 0.341 e. The monoisotopic (exact) mass is 555 g/mol. The highest BCUT2D eigenvalue weighted by Crippen LogP contribution is 2.35. The summed E-state index contributed by atoms with van der Waals surface area (Å²) in [7, 11) is 5.10. The predicted octanol–water partition coefficient (Wildman–Crippen LogP) is 4.37. The Morgan fingerprint density at radius 2 is 1.98 bits per heavy atom. The second-order valence-corrected chi connectivity index (χ2v) is 10.0. The van der Waals surface area contributed by atoms with E-state index in [-0.39, 0.29) is 11.6 Å². The topological polar surface area (TPSA) is 125 Å². The summed E-state index contributed by atoms with van der Waals surface area (Å²) in [5, 5.41) is 14.0. The third kappa shape index (κ3) is 4.84. The van der Waals surface area contributed by atoms with Crippen LogP contribution in [0.3, 0.4) is 0 Å². The number of aryl methyl sites for hydroxylation is 1. The second-order valence-electron chi connectivity index (χ2n) is 10.0. The minimum atomic E-state index is -1.30. The predicted molar refractivity (Wildman–Crippen MR) is 153 cm³/mol. The average Bonchev–Trinajstić information content (AvgIpc) is 3.71. The van der Waals surface area contributed by atoms with E-state index in [0.717, 1.165) is 30.5 Å². The van der Waals surface area contributed by atoms with Crippen molar-refractivity contribution in [3.63, 3.8) is 0 Å². The largest absolute Gasteiger partial charge is 0.496 e. The summed E-state index contributed by atoms with van der Waals surface area (Å²) in [6.07, 6.45) is 7.00. The molecule has 0 amide bonds. The highest BCUT2D eigenvalue weighted by molar-refractivity contribution is 5.88. The number of pyridine rings is 1. The lowest BCUT2D eigenvalue weighted by atomic mass is 10.0. The highest BCUT2D eigenvalue weighted by Gasteiger charge is 2.28. The molecule has 0 bridgehead atoms. The fraction of sp³-hybridized carbons (Fsp3) is 0.267. The SMILES string of the molecule is COC[C@H]1CCCN1c1nc2ccc(-n3cc(C(=O)O)c(=O)cc3-c3ccc(-c4cnn(C)c4)c(OC)c3)cc2o1. The number of oxazole rings is 1. The van der Waals surface area contributed by atoms with Crippen LogP contribution in [-0.4, -0.2) is 63.8 Å². The van der Waals surface area contributed by atoms with Gasteiger partial charge in [0.25, 0.3) is 6.01 Å². The molecule has 0 radical (unpaired) electrons. The lowest BCUT2D eigenvalue weighted by Gasteiger charge is -2.21. The number of hydrogen-bond acceptors (Lipinski definition) is 8. The average molecular weight is 556 g/mol. The number of fused-ring (bicyclic) bond motifs is 1. The van der Waals surface area contributed by atoms with E-state index in [9.17, 15) is 14.7 Å². The minimum absolute atomic E-state index is 0.195. The Morgan fingerprint density at radius 3 is 2.71 bits per heavy atom. The summed E-state index contributed by atoms with van der Waals surface area (Å²) in [6, 6.07) is 13.1. The van der Waals surface area contributed by atoms with Crippen LogP contribution in [-0.2, 0) is 11.8 Å². The van der Waals surface area contributed by atoms with Crippen LogP contribution in [0.1, 0.15) is 23.2 Å². The Bertz CT molecular complexity index is 1820. The first-order chi connectivity index (χ1) is 19.9. The maximum Gasteiger partial charge on any atom is 0.341 e. The van der Waals surface area contributed by atoms with Crippen LogP contribution in [0.15, 0.2) is 70.3 Å². The molecule has 1 aliphatic rings. The van der Waals surface area contributed by atoms with Gasteiger partial charge in [0, 0.05) is 67.6 Å². The number of rotatable bonds is 8. The fourth-order valence-corrected chi connectivity index (χ4v) is 5.41. The van der Waals surface area contributed by atoms with Crippen molar-refractivity contribution < 1.29 is 23.8 Å². The van der Waals surface area contributed by atoms with Gasteiger partial charge in [-0.1, -0.05) is 6.07 Å². The molecule has 1 aliphatic heterocycles. The third-order valence-electron chi connectivity index (χ3n) is 7.42. The number of aromatic nitrogens is 4. The minimum Gasteiger partial charge on any atom is -0.496 e. The molecule has 4 heterocycles. The number of ether oxygens (including phenoxy) is 2. The first-order valence-corrected chi connectivity index (χ1v) is 13.2. The molecular weight excluding hydrogens is 526 g/mol. The maximum absolute atomic E-state index is 12.8. The van der Waals surface area contributed by atoms with Gasteiger partial charge in [-0.3, -0.25) is 9.48 Å². The molecule has 41 heavy (non-hydrogen) atoms. The summed E-state index contributed by atoms with van der Waals surface area (Å²) < 4.78 is 20.6. The molecule has 2 aromatic carbocycles. The van der Waals surface area contributed by atoms with Crippen LogP contribution in [0.4, 0.5) is 6.01 Å². The van der Waals surface area contributed by atoms with Crippen molar-refractivity contribution in [2.75, 3.05) is 32.3 Å². The molecule has 0 saturated carbocycles. The van der Waals surface area contributed by atoms with Crippen molar-refractivity contribution in [2.45, 2.75) is 18.9 Å². The van der Waals surface area contributed by atoms with Gasteiger partial charge in [-0.05, 0) is 37.1 Å². The number of hydrogen-bond donors (Lipinski definition) is 1. The van der Waals surface area contributed by atoms with Gasteiger partial charge in [0.2, 0.25) is 0 Å². The first kappa shape index (κ1) is 26.3. The van der Waals surface area contributed by atoms with E-state index in [0.29, 0.717) is 46.4 Å². The molecule has 1 fully saturated rings. The zero-order valence-electron chi connectivity index (χ0n) is 22.9. The molecule has 11 nitrogen and oxygen atoms in total. The van der Waals surface area contributed by atoms with Crippen molar-refractivity contribution in [1.82, 2.24) is 19.3 Å². The summed E-state index contributed by atoms with van der Waals surface area (Å²) in [5.74, 6) is -0.718. The molecule has 0 spiro atoms. The van der Waals surface area contributed by atoms with Crippen molar-refractivity contribution in [3.05, 3.63) is 76.8 Å². The van der Waals surface area contributed by atoms with E-state index < -0.39 is 11.4 Å². The van der Waals surface area contributed by atoms with Gasteiger partial charge in [0.15, 0.2) is 11.0 Å². The van der Waals surface area contributed by atoms with E-state index in [2.05, 4.69) is 10.00 Å². The van der Waals surface area contributed by atoms with Crippen LogP contribution in [0, 0.1) is 0 Å². The van der Waals surface area contributed by atoms with Gasteiger partial charge >= 0.3 is 5.97 Å². The zero-order valence-corrected chi connectivity index (χ0v) is 22.9. The second kappa shape index (κ2) is 10.6. The molecule has 5 aromatic rings. The van der Waals surface area contributed by atoms with Gasteiger partial charge < -0.3 is 28.5 Å². The van der Waals surface area contributed by atoms with Crippen LogP contribution in [0.25, 0.3) is 39.2 Å². The molecule has 1 atom stereocenters. The summed E-state index contributed by atoms with van der Waals surface area (Å²) in [4.78, 5) is 31.6. The van der Waals surface area contributed by atoms with Crippen LogP contribution >= 0.6 is 0 Å². The zero-order chi connectivity index (χ0) is 28.7. The van der Waals surface area contributed by atoms with Crippen LogP contribution < -0.4 is 15.1 Å². The normalized spacial score (nSPS) is 15.1. The number of anilines is 1. The van der Waals surface area contributed by atoms with Crippen molar-refractivity contribution >= 4 is 23.1 Å². The van der Waals surface area contributed by atoms with E-state index in [1.54, 1.807) is 35.7 Å². The number of carbonyl (C=O) groups is 1. The number of nitrogens with zero attached hydrogens (tertiary/aromatic N) is 5. The Labute approximate surface area is 235 Å². The molecule has 0 unspecified atom stereocenters. The molecular formula is C30H29N5O6. The van der Waals surface area contributed by atoms with Crippen LogP contribution in [0.2, 0.25) is 0 Å². The number of aromatic carboxylic acids is 1. The number of carboxylic acids is 1. The molecule has 1 saturated heterocycles. The van der Waals surface area contributed by atoms with Crippen molar-refractivity contribution in [2.24, 2.45) is 7.05 Å². The van der Waals surface area contributed by atoms with E-state index in [1.165, 1.54) is 12.3 Å². The highest BCUT2D eigenvalue weighted by atomic mass is 16.5. The summed E-state index contributed by atoms with van der Waals surface area (Å²) in [5.41, 5.74) is 3.78. The van der Waals surface area contributed by atoms with Gasteiger partial charge in [0.05, 0.1) is 31.6 Å². The van der Waals surface area contributed by atoms with E-state index >= 15 is 0 Å². The standard InChI is InChI=1S/C30H29N5O6/c1-33-15-19(14-31-33)22-8-6-18(11-27(22)40-3)25-13-26(36)23(29(37)38)16-35(25)20-7-9-24-28(12-20)41-30(32-24)34-10-4-5-21(34)17-39-2/h6-9,11-16,21H,4-5,10,17H2,1-3H3,(H,37,38)/t21-/m1/s1. The molecule has 1 N–H and O–H groups in total. The number of carboxylic acid groups (broad SMARTS) is 1. The summed E-state index contributed by atoms with van der Waals surface area (Å²) in [6.45, 7) is 1.42. The lowest BCUT2D eigenvalue weighted by Crippen LogP contribution is -2.32. The lowest BCUT2D eigenvalue weighted by molar-refractivity contribution is 0.0695. The van der Waals surface area contributed by atoms with E-state index in [1.807, 2.05) is 43.6 Å². The Hall–Kier alpha value is -4.90. The van der Waals surface area contributed by atoms with Gasteiger partial charge in [0.1, 0.15) is 16.8 Å². The quantitative estimate of drug-likeness (QED) is 0.297. The first-order valence-electron chi connectivity index (χ1n) is 13.2. The molecule has 210 valence electrons. The van der Waals surface area contributed by atoms with Gasteiger partial charge in [-0.15, -0.1) is 0 Å². The Morgan fingerprint density at radius 1 is 1.12 bits per heavy atom. The van der Waals surface area contributed by atoms with Gasteiger partial charge in [-0.25, -0.2) is 4.79 Å². The molecule has 11 heteroatoms. The molecule has 6 rings (SSSR count). The maximum atomic E-state index is 12.8. The van der Waals surface area contributed by atoms with E-state index in [4.69, 9.17) is 18.9 Å². The third-order valence-corrected chi connectivity index (χ3v) is 7.42. The molecule has 3 aromatic heterocycles. The van der Waals surface area contributed by atoms with Crippen LogP contribution in [0.5, 0.6) is 5.75 Å². The molecule has 0 aliphatic carbocycles. The Balaban J connectivity index is 1.46.